The van der Waals surface area contributed by atoms with E-state index in [9.17, 15) is 5.11 Å². The summed E-state index contributed by atoms with van der Waals surface area (Å²) >= 11 is 0. The molecular formula is C16H24O3. The van der Waals surface area contributed by atoms with E-state index in [4.69, 9.17) is 9.47 Å². The summed E-state index contributed by atoms with van der Waals surface area (Å²) in [5.74, 6) is 0.747. The van der Waals surface area contributed by atoms with Gasteiger partial charge in [-0.25, -0.2) is 0 Å². The van der Waals surface area contributed by atoms with Crippen LogP contribution in [-0.2, 0) is 4.74 Å². The van der Waals surface area contributed by atoms with Gasteiger partial charge in [0, 0.05) is 12.0 Å². The maximum absolute atomic E-state index is 9.80. The van der Waals surface area contributed by atoms with Crippen molar-refractivity contribution in [2.75, 3.05) is 0 Å². The fourth-order valence-electron chi connectivity index (χ4n) is 2.78. The molecule has 0 aromatic heterocycles. The van der Waals surface area contributed by atoms with Gasteiger partial charge in [-0.3, -0.25) is 0 Å². The third-order valence-electron chi connectivity index (χ3n) is 3.63. The Hall–Kier alpha value is -1.06. The Bertz CT molecular complexity index is 449. The molecule has 2 atom stereocenters. The highest BCUT2D eigenvalue weighted by Gasteiger charge is 2.47. The molecule has 0 spiro atoms. The normalized spacial score (nSPS) is 26.1. The number of ether oxygens (including phenoxy) is 2. The fraction of sp³-hybridized carbons (Fsp3) is 0.625. The largest absolute Gasteiger partial charge is 0.487 e. The Morgan fingerprint density at radius 1 is 1.26 bits per heavy atom. The molecular weight excluding hydrogens is 240 g/mol. The first kappa shape index (κ1) is 14.4. The number of hydrogen-bond acceptors (Lipinski definition) is 3. The minimum atomic E-state index is -0.533. The van der Waals surface area contributed by atoms with Crippen LogP contribution in [0.15, 0.2) is 24.3 Å². The third kappa shape index (κ3) is 3.10. The van der Waals surface area contributed by atoms with Gasteiger partial charge in [-0.05, 0) is 40.7 Å². The van der Waals surface area contributed by atoms with Gasteiger partial charge in [-0.1, -0.05) is 18.2 Å². The second kappa shape index (κ2) is 4.80. The number of rotatable bonds is 3. The van der Waals surface area contributed by atoms with E-state index in [2.05, 4.69) is 27.7 Å². The number of aliphatic hydroxyl groups excluding tert-OH is 1. The SMILES string of the molecule is C[C@@H](O)c1ccccc1OC1CC(C)(C)OC1(C)C. The topological polar surface area (TPSA) is 38.7 Å². The zero-order valence-corrected chi connectivity index (χ0v) is 12.4. The van der Waals surface area contributed by atoms with E-state index in [1.165, 1.54) is 0 Å². The van der Waals surface area contributed by atoms with Gasteiger partial charge >= 0.3 is 0 Å². The van der Waals surface area contributed by atoms with Crippen molar-refractivity contribution in [3.63, 3.8) is 0 Å². The molecule has 0 amide bonds. The van der Waals surface area contributed by atoms with Crippen LogP contribution in [-0.4, -0.2) is 22.4 Å². The van der Waals surface area contributed by atoms with Gasteiger partial charge < -0.3 is 14.6 Å². The van der Waals surface area contributed by atoms with Crippen molar-refractivity contribution in [1.82, 2.24) is 0 Å². The van der Waals surface area contributed by atoms with Crippen LogP contribution in [0.1, 0.15) is 52.7 Å². The Morgan fingerprint density at radius 3 is 2.42 bits per heavy atom. The molecule has 0 radical (unpaired) electrons. The van der Waals surface area contributed by atoms with Crippen LogP contribution in [0.5, 0.6) is 5.75 Å². The third-order valence-corrected chi connectivity index (χ3v) is 3.63. The number of hydrogen-bond donors (Lipinski definition) is 1. The minimum Gasteiger partial charge on any atom is -0.487 e. The summed E-state index contributed by atoms with van der Waals surface area (Å²) in [7, 11) is 0. The van der Waals surface area contributed by atoms with E-state index < -0.39 is 6.10 Å². The number of aliphatic hydroxyl groups is 1. The lowest BCUT2D eigenvalue weighted by Crippen LogP contribution is -2.37. The predicted octanol–water partition coefficient (Wildman–Crippen LogP) is 3.46. The van der Waals surface area contributed by atoms with E-state index in [1.807, 2.05) is 24.3 Å². The molecule has 2 rings (SSSR count). The van der Waals surface area contributed by atoms with Gasteiger partial charge in [-0.15, -0.1) is 0 Å². The number of benzene rings is 1. The van der Waals surface area contributed by atoms with Crippen LogP contribution < -0.4 is 4.74 Å². The average Bonchev–Trinajstić information content (AvgIpc) is 2.47. The molecule has 1 heterocycles. The molecule has 0 aliphatic carbocycles. The van der Waals surface area contributed by atoms with Crippen LogP contribution in [0.2, 0.25) is 0 Å². The molecule has 1 aliphatic heterocycles. The van der Waals surface area contributed by atoms with Crippen molar-refractivity contribution in [3.05, 3.63) is 29.8 Å². The van der Waals surface area contributed by atoms with Gasteiger partial charge in [0.15, 0.2) is 0 Å². The van der Waals surface area contributed by atoms with Gasteiger partial charge in [0.05, 0.1) is 11.7 Å². The Kier molecular flexibility index (Phi) is 3.63. The van der Waals surface area contributed by atoms with Crippen LogP contribution in [0.4, 0.5) is 0 Å². The molecule has 1 saturated heterocycles. The summed E-state index contributed by atoms with van der Waals surface area (Å²) in [4.78, 5) is 0. The zero-order chi connectivity index (χ0) is 14.3. The summed E-state index contributed by atoms with van der Waals surface area (Å²) in [6.45, 7) is 10.0. The average molecular weight is 264 g/mol. The highest BCUT2D eigenvalue weighted by Crippen LogP contribution is 2.40. The number of para-hydroxylation sites is 1. The maximum Gasteiger partial charge on any atom is 0.130 e. The van der Waals surface area contributed by atoms with Crippen LogP contribution in [0.25, 0.3) is 0 Å². The molecule has 1 aliphatic rings. The lowest BCUT2D eigenvalue weighted by molar-refractivity contribution is -0.0848. The molecule has 1 N–H and O–H groups in total. The van der Waals surface area contributed by atoms with Crippen LogP contribution in [0, 0.1) is 0 Å². The first-order valence-corrected chi connectivity index (χ1v) is 6.85. The highest BCUT2D eigenvalue weighted by molar-refractivity contribution is 5.35. The lowest BCUT2D eigenvalue weighted by Gasteiger charge is -2.28. The molecule has 1 fully saturated rings. The molecule has 0 bridgehead atoms. The standard InChI is InChI=1S/C16H24O3/c1-11(17)12-8-6-7-9-13(12)18-14-10-15(2,3)19-16(14,4)5/h6-9,11,14,17H,10H2,1-5H3/t11-,14?/m1/s1. The van der Waals surface area contributed by atoms with Gasteiger partial charge in [0.25, 0.3) is 0 Å². The van der Waals surface area contributed by atoms with E-state index >= 15 is 0 Å². The monoisotopic (exact) mass is 264 g/mol. The van der Waals surface area contributed by atoms with Gasteiger partial charge in [-0.2, -0.15) is 0 Å². The molecule has 3 nitrogen and oxygen atoms in total. The zero-order valence-electron chi connectivity index (χ0n) is 12.4. The summed E-state index contributed by atoms with van der Waals surface area (Å²) in [6, 6.07) is 7.64. The predicted molar refractivity (Wildman–Crippen MR) is 75.4 cm³/mol. The van der Waals surface area contributed by atoms with Crippen molar-refractivity contribution in [3.8, 4) is 5.75 Å². The van der Waals surface area contributed by atoms with Crippen LogP contribution in [0.3, 0.4) is 0 Å². The van der Waals surface area contributed by atoms with Crippen molar-refractivity contribution in [2.45, 2.75) is 64.4 Å². The summed E-state index contributed by atoms with van der Waals surface area (Å²) in [5.41, 5.74) is 0.325. The Labute approximate surface area is 115 Å². The first-order chi connectivity index (χ1) is 8.71. The Balaban J connectivity index is 2.22. The van der Waals surface area contributed by atoms with E-state index in [1.54, 1.807) is 6.92 Å². The first-order valence-electron chi connectivity index (χ1n) is 6.85. The molecule has 19 heavy (non-hydrogen) atoms. The lowest BCUT2D eigenvalue weighted by atomic mass is 9.97. The molecule has 106 valence electrons. The second-order valence-corrected chi connectivity index (χ2v) is 6.49. The summed E-state index contributed by atoms with van der Waals surface area (Å²) in [6.07, 6.45) is 0.297. The van der Waals surface area contributed by atoms with Gasteiger partial charge in [0.2, 0.25) is 0 Å². The van der Waals surface area contributed by atoms with E-state index in [0.29, 0.717) is 0 Å². The minimum absolute atomic E-state index is 0.0117. The van der Waals surface area contributed by atoms with E-state index in [0.717, 1.165) is 17.7 Å². The molecule has 1 unspecified atom stereocenters. The molecule has 3 heteroatoms. The summed E-state index contributed by atoms with van der Waals surface area (Å²) in [5, 5.41) is 9.80. The van der Waals surface area contributed by atoms with Crippen molar-refractivity contribution >= 4 is 0 Å². The molecule has 0 saturated carbocycles. The van der Waals surface area contributed by atoms with Gasteiger partial charge in [0.1, 0.15) is 17.5 Å². The van der Waals surface area contributed by atoms with Crippen molar-refractivity contribution < 1.29 is 14.6 Å². The maximum atomic E-state index is 9.80. The molecule has 1 aromatic rings. The van der Waals surface area contributed by atoms with Crippen molar-refractivity contribution in [1.29, 1.82) is 0 Å². The fourth-order valence-corrected chi connectivity index (χ4v) is 2.78. The quantitative estimate of drug-likeness (QED) is 0.908. The summed E-state index contributed by atoms with van der Waals surface area (Å²) < 4.78 is 12.2. The smallest absolute Gasteiger partial charge is 0.130 e. The Morgan fingerprint density at radius 2 is 1.89 bits per heavy atom. The molecule has 1 aromatic carbocycles. The van der Waals surface area contributed by atoms with E-state index in [-0.39, 0.29) is 17.3 Å². The van der Waals surface area contributed by atoms with Crippen LogP contribution >= 0.6 is 0 Å². The highest BCUT2D eigenvalue weighted by atomic mass is 16.6. The van der Waals surface area contributed by atoms with Crippen molar-refractivity contribution in [2.24, 2.45) is 0 Å². The second-order valence-electron chi connectivity index (χ2n) is 6.49.